The van der Waals surface area contributed by atoms with E-state index in [-0.39, 0.29) is 11.1 Å². The van der Waals surface area contributed by atoms with Crippen molar-refractivity contribution in [3.8, 4) is 6.07 Å². The molecule has 0 unspecified atom stereocenters. The third-order valence-electron chi connectivity index (χ3n) is 2.58. The average molecular weight is 275 g/mol. The Morgan fingerprint density at radius 1 is 1.25 bits per heavy atom. The van der Waals surface area contributed by atoms with E-state index >= 15 is 0 Å². The van der Waals surface area contributed by atoms with Crippen LogP contribution in [-0.4, -0.2) is 17.7 Å². The summed E-state index contributed by atoms with van der Waals surface area (Å²) in [6.07, 6.45) is 0.966. The van der Waals surface area contributed by atoms with Crippen molar-refractivity contribution in [1.29, 1.82) is 5.26 Å². The highest BCUT2D eigenvalue weighted by Crippen LogP contribution is 2.25. The SMILES string of the molecule is CC1(C)OC(=O)C(=Cc2c(F)cccc2C#N)C(=O)O1. The molecule has 1 aliphatic rings. The molecule has 1 aromatic rings. The van der Waals surface area contributed by atoms with Crippen LogP contribution in [0.1, 0.15) is 25.0 Å². The Bertz CT molecular complexity index is 648. The van der Waals surface area contributed by atoms with Gasteiger partial charge in [0.1, 0.15) is 11.4 Å². The van der Waals surface area contributed by atoms with Crippen molar-refractivity contribution >= 4 is 18.0 Å². The standard InChI is InChI=1S/C14H10FNO4/c1-14(2)19-12(17)10(13(18)20-14)6-9-8(7-16)4-3-5-11(9)15/h3-6H,1-2H3. The van der Waals surface area contributed by atoms with Crippen LogP contribution in [0.15, 0.2) is 23.8 Å². The Kier molecular flexibility index (Phi) is 3.28. The number of hydrogen-bond acceptors (Lipinski definition) is 5. The molecule has 1 fully saturated rings. The third-order valence-corrected chi connectivity index (χ3v) is 2.58. The highest BCUT2D eigenvalue weighted by atomic mass is 19.1. The normalized spacial score (nSPS) is 17.0. The molecule has 0 spiro atoms. The van der Waals surface area contributed by atoms with Crippen LogP contribution in [0.5, 0.6) is 0 Å². The minimum absolute atomic E-state index is 0.00272. The fourth-order valence-corrected chi connectivity index (χ4v) is 1.70. The summed E-state index contributed by atoms with van der Waals surface area (Å²) in [6.45, 7) is 2.81. The second kappa shape index (κ2) is 4.78. The molecular weight excluding hydrogens is 265 g/mol. The first-order chi connectivity index (χ1) is 9.34. The van der Waals surface area contributed by atoms with Crippen molar-refractivity contribution in [2.24, 2.45) is 0 Å². The van der Waals surface area contributed by atoms with E-state index in [9.17, 15) is 14.0 Å². The molecule has 0 aliphatic carbocycles. The van der Waals surface area contributed by atoms with Crippen molar-refractivity contribution in [3.63, 3.8) is 0 Å². The predicted molar refractivity (Wildman–Crippen MR) is 65.4 cm³/mol. The number of nitriles is 1. The molecule has 1 saturated heterocycles. The molecule has 2 rings (SSSR count). The molecule has 0 radical (unpaired) electrons. The maximum Gasteiger partial charge on any atom is 0.348 e. The summed E-state index contributed by atoms with van der Waals surface area (Å²) in [7, 11) is 0. The highest BCUT2D eigenvalue weighted by Gasteiger charge is 2.39. The Morgan fingerprint density at radius 3 is 2.40 bits per heavy atom. The summed E-state index contributed by atoms with van der Waals surface area (Å²) in [5.74, 6) is -3.92. The summed E-state index contributed by atoms with van der Waals surface area (Å²) >= 11 is 0. The van der Waals surface area contributed by atoms with Crippen molar-refractivity contribution < 1.29 is 23.5 Å². The zero-order chi connectivity index (χ0) is 14.9. The topological polar surface area (TPSA) is 76.4 Å². The van der Waals surface area contributed by atoms with E-state index in [2.05, 4.69) is 0 Å². The number of halogens is 1. The first-order valence-corrected chi connectivity index (χ1v) is 5.71. The fraction of sp³-hybridized carbons (Fsp3) is 0.214. The van der Waals surface area contributed by atoms with Crippen molar-refractivity contribution in [2.45, 2.75) is 19.6 Å². The van der Waals surface area contributed by atoms with Gasteiger partial charge in [-0.3, -0.25) is 0 Å². The molecule has 6 heteroatoms. The monoisotopic (exact) mass is 275 g/mol. The second-order valence-electron chi connectivity index (χ2n) is 4.55. The number of hydrogen-bond donors (Lipinski definition) is 0. The molecule has 1 aliphatic heterocycles. The van der Waals surface area contributed by atoms with Gasteiger partial charge in [-0.2, -0.15) is 5.26 Å². The number of ether oxygens (including phenoxy) is 2. The Balaban J connectivity index is 2.50. The van der Waals surface area contributed by atoms with Crippen LogP contribution in [0.3, 0.4) is 0 Å². The van der Waals surface area contributed by atoms with Crippen LogP contribution in [0.4, 0.5) is 4.39 Å². The van der Waals surface area contributed by atoms with E-state index in [1.807, 2.05) is 0 Å². The number of carbonyl (C=O) groups excluding carboxylic acids is 2. The number of nitrogens with zero attached hydrogens (tertiary/aromatic N) is 1. The summed E-state index contributed by atoms with van der Waals surface area (Å²) in [4.78, 5) is 23.5. The van der Waals surface area contributed by atoms with Gasteiger partial charge in [-0.25, -0.2) is 14.0 Å². The van der Waals surface area contributed by atoms with Crippen LogP contribution >= 0.6 is 0 Å². The van der Waals surface area contributed by atoms with E-state index < -0.39 is 29.1 Å². The maximum absolute atomic E-state index is 13.7. The first-order valence-electron chi connectivity index (χ1n) is 5.71. The second-order valence-corrected chi connectivity index (χ2v) is 4.55. The molecule has 0 aromatic heterocycles. The lowest BCUT2D eigenvalue weighted by Gasteiger charge is -2.29. The van der Waals surface area contributed by atoms with Crippen LogP contribution < -0.4 is 0 Å². The third kappa shape index (κ3) is 2.52. The van der Waals surface area contributed by atoms with Crippen molar-refractivity contribution in [3.05, 3.63) is 40.7 Å². The summed E-state index contributed by atoms with van der Waals surface area (Å²) in [5, 5.41) is 8.91. The maximum atomic E-state index is 13.7. The van der Waals surface area contributed by atoms with E-state index in [0.29, 0.717) is 0 Å². The number of carbonyl (C=O) groups is 2. The van der Waals surface area contributed by atoms with Crippen molar-refractivity contribution in [1.82, 2.24) is 0 Å². The van der Waals surface area contributed by atoms with Gasteiger partial charge in [0.25, 0.3) is 5.79 Å². The largest absolute Gasteiger partial charge is 0.419 e. The molecule has 1 aromatic carbocycles. The van der Waals surface area contributed by atoms with E-state index in [4.69, 9.17) is 14.7 Å². The molecule has 0 amide bonds. The highest BCUT2D eigenvalue weighted by molar-refractivity contribution is 6.19. The zero-order valence-electron chi connectivity index (χ0n) is 10.8. The van der Waals surface area contributed by atoms with E-state index in [1.54, 1.807) is 6.07 Å². The number of benzene rings is 1. The van der Waals surface area contributed by atoms with E-state index in [0.717, 1.165) is 12.1 Å². The van der Waals surface area contributed by atoms with Gasteiger partial charge in [-0.1, -0.05) is 6.07 Å². The predicted octanol–water partition coefficient (Wildman–Crippen LogP) is 1.92. The van der Waals surface area contributed by atoms with Crippen LogP contribution in [0, 0.1) is 17.1 Å². The molecule has 0 bridgehead atoms. The minimum atomic E-state index is -1.36. The minimum Gasteiger partial charge on any atom is -0.419 e. The molecule has 20 heavy (non-hydrogen) atoms. The molecule has 1 heterocycles. The molecule has 5 nitrogen and oxygen atoms in total. The number of cyclic esters (lactones) is 2. The van der Waals surface area contributed by atoms with Gasteiger partial charge in [0.15, 0.2) is 0 Å². The molecule has 0 N–H and O–H groups in total. The quantitative estimate of drug-likeness (QED) is 0.444. The molecule has 0 saturated carbocycles. The van der Waals surface area contributed by atoms with Gasteiger partial charge in [0.05, 0.1) is 11.6 Å². The van der Waals surface area contributed by atoms with E-state index in [1.165, 1.54) is 26.0 Å². The van der Waals surface area contributed by atoms with Gasteiger partial charge in [0.2, 0.25) is 0 Å². The van der Waals surface area contributed by atoms with Gasteiger partial charge in [-0.05, 0) is 18.2 Å². The zero-order valence-corrected chi connectivity index (χ0v) is 10.8. The summed E-state index contributed by atoms with van der Waals surface area (Å²) in [5.41, 5.74) is -0.604. The molecular formula is C14H10FNO4. The Hall–Kier alpha value is -2.68. The lowest BCUT2D eigenvalue weighted by molar-refractivity contribution is -0.222. The Morgan fingerprint density at radius 2 is 1.85 bits per heavy atom. The number of rotatable bonds is 1. The summed E-state index contributed by atoms with van der Waals surface area (Å²) < 4.78 is 23.5. The van der Waals surface area contributed by atoms with Gasteiger partial charge in [-0.15, -0.1) is 0 Å². The van der Waals surface area contributed by atoms with Gasteiger partial charge in [0, 0.05) is 19.4 Å². The molecule has 0 atom stereocenters. The fourth-order valence-electron chi connectivity index (χ4n) is 1.70. The van der Waals surface area contributed by atoms with Gasteiger partial charge < -0.3 is 9.47 Å². The lowest BCUT2D eigenvalue weighted by atomic mass is 10.0. The van der Waals surface area contributed by atoms with Crippen LogP contribution in [0.25, 0.3) is 6.08 Å². The molecule has 102 valence electrons. The number of esters is 2. The lowest BCUT2D eigenvalue weighted by Crippen LogP contribution is -2.41. The average Bonchev–Trinajstić information content (AvgIpc) is 2.33. The Labute approximate surface area is 114 Å². The summed E-state index contributed by atoms with van der Waals surface area (Å²) in [6, 6.07) is 5.64. The van der Waals surface area contributed by atoms with Gasteiger partial charge >= 0.3 is 11.9 Å². The van der Waals surface area contributed by atoms with Crippen molar-refractivity contribution in [2.75, 3.05) is 0 Å². The smallest absolute Gasteiger partial charge is 0.348 e. The van der Waals surface area contributed by atoms with Crippen LogP contribution in [0.2, 0.25) is 0 Å². The first kappa shape index (κ1) is 13.7. The van der Waals surface area contributed by atoms with Crippen LogP contribution in [-0.2, 0) is 19.1 Å².